The van der Waals surface area contributed by atoms with Crippen LogP contribution in [0, 0.1) is 0 Å². The molecule has 0 spiro atoms. The Kier molecular flexibility index (Phi) is 4.29. The molecule has 1 aromatic carbocycles. The van der Waals surface area contributed by atoms with Crippen LogP contribution in [0.15, 0.2) is 18.2 Å². The van der Waals surface area contributed by atoms with Crippen molar-refractivity contribution in [3.05, 3.63) is 28.8 Å². The van der Waals surface area contributed by atoms with E-state index in [1.54, 1.807) is 0 Å². The zero-order valence-corrected chi connectivity index (χ0v) is 8.86. The maximum atomic E-state index is 11.8. The molecule has 0 heterocycles. The first-order chi connectivity index (χ1) is 7.00. The molecule has 0 fully saturated rings. The quantitative estimate of drug-likeness (QED) is 0.771. The Morgan fingerprint density at radius 1 is 1.47 bits per heavy atom. The van der Waals surface area contributed by atoms with Crippen LogP contribution in [0.4, 0.5) is 8.78 Å². The molecule has 0 aliphatic heterocycles. The monoisotopic (exact) mass is 254 g/mol. The number of rotatable bonds is 4. The minimum Gasteiger partial charge on any atom is -0.488 e. The molecular formula is C9H6Cl2F2O2. The number of hydrogen-bond donors (Lipinski definition) is 0. The van der Waals surface area contributed by atoms with Gasteiger partial charge in [-0.3, -0.25) is 4.79 Å². The molecule has 0 saturated heterocycles. The van der Waals surface area contributed by atoms with E-state index in [-0.39, 0.29) is 16.3 Å². The summed E-state index contributed by atoms with van der Waals surface area (Å²) in [6.07, 6.45) is -2.56. The second-order valence-electron chi connectivity index (χ2n) is 2.62. The molecule has 0 N–H and O–H groups in total. The molecule has 0 unspecified atom stereocenters. The zero-order valence-electron chi connectivity index (χ0n) is 7.34. The van der Waals surface area contributed by atoms with Gasteiger partial charge in [0.25, 0.3) is 11.7 Å². The number of benzene rings is 1. The van der Waals surface area contributed by atoms with E-state index < -0.39 is 18.3 Å². The van der Waals surface area contributed by atoms with Gasteiger partial charge < -0.3 is 4.74 Å². The van der Waals surface area contributed by atoms with Crippen molar-refractivity contribution in [3.63, 3.8) is 0 Å². The SMILES string of the molecule is O=C(Cl)c1ccc(OCC(F)F)cc1Cl. The summed E-state index contributed by atoms with van der Waals surface area (Å²) in [5, 5.41) is -0.637. The van der Waals surface area contributed by atoms with Gasteiger partial charge in [-0.1, -0.05) is 11.6 Å². The van der Waals surface area contributed by atoms with Crippen molar-refractivity contribution >= 4 is 28.4 Å². The molecular weight excluding hydrogens is 249 g/mol. The third-order valence-electron chi connectivity index (χ3n) is 1.53. The zero-order chi connectivity index (χ0) is 11.4. The average Bonchev–Trinajstić information content (AvgIpc) is 2.14. The summed E-state index contributed by atoms with van der Waals surface area (Å²) < 4.78 is 28.3. The van der Waals surface area contributed by atoms with Crippen LogP contribution in [0.1, 0.15) is 10.4 Å². The molecule has 1 rings (SSSR count). The summed E-state index contributed by atoms with van der Waals surface area (Å²) >= 11 is 10.9. The number of carbonyl (C=O) groups excluding carboxylic acids is 1. The minimum absolute atomic E-state index is 0.0711. The van der Waals surface area contributed by atoms with E-state index in [1.165, 1.54) is 18.2 Å². The van der Waals surface area contributed by atoms with Crippen LogP contribution in [0.25, 0.3) is 0 Å². The Morgan fingerprint density at radius 3 is 2.60 bits per heavy atom. The number of hydrogen-bond acceptors (Lipinski definition) is 2. The molecule has 0 aliphatic rings. The van der Waals surface area contributed by atoms with Gasteiger partial charge in [0.1, 0.15) is 12.4 Å². The number of ether oxygens (including phenoxy) is 1. The van der Waals surface area contributed by atoms with Gasteiger partial charge in [0.15, 0.2) is 0 Å². The van der Waals surface area contributed by atoms with E-state index in [9.17, 15) is 13.6 Å². The Hall–Kier alpha value is -0.870. The Bertz CT molecular complexity index is 369. The maximum absolute atomic E-state index is 11.8. The molecule has 0 bridgehead atoms. The van der Waals surface area contributed by atoms with Gasteiger partial charge in [-0.05, 0) is 29.8 Å². The average molecular weight is 255 g/mol. The largest absolute Gasteiger partial charge is 0.488 e. The minimum atomic E-state index is -2.56. The predicted molar refractivity (Wildman–Crippen MR) is 53.1 cm³/mol. The summed E-state index contributed by atoms with van der Waals surface area (Å²) in [5.74, 6) is 0.168. The van der Waals surface area contributed by atoms with Gasteiger partial charge in [-0.15, -0.1) is 0 Å². The number of alkyl halides is 2. The molecule has 0 aromatic heterocycles. The number of carbonyl (C=O) groups is 1. The summed E-state index contributed by atoms with van der Waals surface area (Å²) in [6, 6.07) is 3.93. The maximum Gasteiger partial charge on any atom is 0.272 e. The highest BCUT2D eigenvalue weighted by atomic mass is 35.5. The van der Waals surface area contributed by atoms with Crippen LogP contribution < -0.4 is 4.74 Å². The van der Waals surface area contributed by atoms with Crippen molar-refractivity contribution in [1.82, 2.24) is 0 Å². The lowest BCUT2D eigenvalue weighted by molar-refractivity contribution is 0.0818. The van der Waals surface area contributed by atoms with Gasteiger partial charge in [-0.25, -0.2) is 8.78 Å². The van der Waals surface area contributed by atoms with E-state index in [0.29, 0.717) is 0 Å². The number of halogens is 4. The van der Waals surface area contributed by atoms with E-state index in [4.69, 9.17) is 27.9 Å². The van der Waals surface area contributed by atoms with Crippen LogP contribution in [-0.4, -0.2) is 18.3 Å². The van der Waals surface area contributed by atoms with E-state index >= 15 is 0 Å². The van der Waals surface area contributed by atoms with Crippen LogP contribution in [0.2, 0.25) is 5.02 Å². The molecule has 6 heteroatoms. The first-order valence-electron chi connectivity index (χ1n) is 3.91. The van der Waals surface area contributed by atoms with Gasteiger partial charge in [0, 0.05) is 0 Å². The van der Waals surface area contributed by atoms with E-state index in [2.05, 4.69) is 0 Å². The smallest absolute Gasteiger partial charge is 0.272 e. The van der Waals surface area contributed by atoms with Crippen LogP contribution in [0.3, 0.4) is 0 Å². The van der Waals surface area contributed by atoms with Crippen molar-refractivity contribution in [2.45, 2.75) is 6.43 Å². The highest BCUT2D eigenvalue weighted by molar-refractivity contribution is 6.68. The van der Waals surface area contributed by atoms with E-state index in [1.807, 2.05) is 0 Å². The standard InChI is InChI=1S/C9H6Cl2F2O2/c10-7-3-5(15-4-8(12)13)1-2-6(7)9(11)14/h1-3,8H,4H2. The Labute approximate surface area is 94.7 Å². The lowest BCUT2D eigenvalue weighted by Crippen LogP contribution is -2.07. The molecule has 1 aromatic rings. The summed E-state index contributed by atoms with van der Waals surface area (Å²) in [5.41, 5.74) is 0.114. The second-order valence-corrected chi connectivity index (χ2v) is 3.37. The highest BCUT2D eigenvalue weighted by Gasteiger charge is 2.09. The fourth-order valence-corrected chi connectivity index (χ4v) is 1.37. The van der Waals surface area contributed by atoms with Crippen molar-refractivity contribution in [1.29, 1.82) is 0 Å². The topological polar surface area (TPSA) is 26.3 Å². The Morgan fingerprint density at radius 2 is 2.13 bits per heavy atom. The van der Waals surface area contributed by atoms with Gasteiger partial charge in [0.2, 0.25) is 0 Å². The van der Waals surface area contributed by atoms with Crippen molar-refractivity contribution in [2.24, 2.45) is 0 Å². The van der Waals surface area contributed by atoms with Crippen LogP contribution in [0.5, 0.6) is 5.75 Å². The van der Waals surface area contributed by atoms with Gasteiger partial charge in [-0.2, -0.15) is 0 Å². The molecule has 15 heavy (non-hydrogen) atoms. The molecule has 0 aliphatic carbocycles. The third kappa shape index (κ3) is 3.64. The summed E-state index contributed by atoms with van der Waals surface area (Å²) in [4.78, 5) is 10.8. The summed E-state index contributed by atoms with van der Waals surface area (Å²) in [7, 11) is 0. The predicted octanol–water partition coefficient (Wildman–Crippen LogP) is 3.36. The van der Waals surface area contributed by atoms with Gasteiger partial charge in [0.05, 0.1) is 10.6 Å². The van der Waals surface area contributed by atoms with Crippen molar-refractivity contribution in [2.75, 3.05) is 6.61 Å². The second kappa shape index (κ2) is 5.28. The fraction of sp³-hybridized carbons (Fsp3) is 0.222. The first kappa shape index (κ1) is 12.2. The molecule has 0 amide bonds. The Balaban J connectivity index is 2.78. The van der Waals surface area contributed by atoms with Crippen molar-refractivity contribution < 1.29 is 18.3 Å². The first-order valence-corrected chi connectivity index (χ1v) is 4.66. The molecule has 82 valence electrons. The molecule has 2 nitrogen and oxygen atoms in total. The lowest BCUT2D eigenvalue weighted by Gasteiger charge is -2.06. The third-order valence-corrected chi connectivity index (χ3v) is 2.04. The van der Waals surface area contributed by atoms with Crippen LogP contribution >= 0.6 is 23.2 Å². The highest BCUT2D eigenvalue weighted by Crippen LogP contribution is 2.24. The van der Waals surface area contributed by atoms with E-state index in [0.717, 1.165) is 0 Å². The normalized spacial score (nSPS) is 10.5. The fourth-order valence-electron chi connectivity index (χ4n) is 0.904. The lowest BCUT2D eigenvalue weighted by atomic mass is 10.2. The van der Waals surface area contributed by atoms with Crippen LogP contribution in [-0.2, 0) is 0 Å². The molecule has 0 radical (unpaired) electrons. The molecule has 0 saturated carbocycles. The molecule has 0 atom stereocenters. The van der Waals surface area contributed by atoms with Gasteiger partial charge >= 0.3 is 0 Å². The van der Waals surface area contributed by atoms with Crippen molar-refractivity contribution in [3.8, 4) is 5.75 Å². The summed E-state index contributed by atoms with van der Waals surface area (Å²) in [6.45, 7) is -0.718.